The molecule has 0 atom stereocenters. The van der Waals surface area contributed by atoms with Gasteiger partial charge in [0.2, 0.25) is 0 Å². The SMILES string of the molecule is CCC[CH2][Sn]([CH2]CCC)([CH2]CCC)/[C](=C/c1ccc(N(C)C)cc1)c1ccc(N(C)C)cc1. The maximum atomic E-state index is 2.60. The average molecular weight is 555 g/mol. The Labute approximate surface area is 209 Å². The topological polar surface area (TPSA) is 6.48 Å². The molecule has 3 heteroatoms. The molecule has 2 nitrogen and oxygen atoms in total. The molecule has 0 saturated carbocycles. The first kappa shape index (κ1) is 27.8. The van der Waals surface area contributed by atoms with E-state index in [-0.39, 0.29) is 0 Å². The molecule has 182 valence electrons. The van der Waals surface area contributed by atoms with Crippen molar-refractivity contribution in [1.82, 2.24) is 0 Å². The van der Waals surface area contributed by atoms with Crippen LogP contribution in [0.3, 0.4) is 0 Å². The van der Waals surface area contributed by atoms with Gasteiger partial charge in [-0.05, 0) is 0 Å². The van der Waals surface area contributed by atoms with Crippen LogP contribution in [0.5, 0.6) is 0 Å². The van der Waals surface area contributed by atoms with Gasteiger partial charge in [0, 0.05) is 0 Å². The molecule has 0 bridgehead atoms. The van der Waals surface area contributed by atoms with E-state index in [1.165, 1.54) is 74.3 Å². The van der Waals surface area contributed by atoms with Gasteiger partial charge < -0.3 is 0 Å². The molecule has 0 radical (unpaired) electrons. The van der Waals surface area contributed by atoms with Crippen molar-refractivity contribution in [3.05, 3.63) is 59.7 Å². The Bertz CT molecular complexity index is 813. The van der Waals surface area contributed by atoms with Gasteiger partial charge in [0.25, 0.3) is 0 Å². The Kier molecular flexibility index (Phi) is 11.9. The third kappa shape index (κ3) is 8.09. The van der Waals surface area contributed by atoms with Crippen molar-refractivity contribution in [1.29, 1.82) is 0 Å². The zero-order chi connectivity index (χ0) is 24.3. The number of nitrogens with zero attached hydrogens (tertiary/aromatic N) is 2. The molecule has 2 rings (SSSR count). The number of unbranched alkanes of at least 4 members (excludes halogenated alkanes) is 3. The minimum absolute atomic E-state index is 1.27. The summed E-state index contributed by atoms with van der Waals surface area (Å²) in [6.07, 6.45) is 10.7. The third-order valence-corrected chi connectivity index (χ3v) is 22.7. The fourth-order valence-corrected chi connectivity index (χ4v) is 21.7. The number of hydrogen-bond donors (Lipinski definition) is 0. The quantitative estimate of drug-likeness (QED) is 0.170. The molecule has 0 aliphatic heterocycles. The molecule has 0 aromatic heterocycles. The summed E-state index contributed by atoms with van der Waals surface area (Å²) in [4.78, 5) is 4.39. The van der Waals surface area contributed by atoms with Gasteiger partial charge in [-0.1, -0.05) is 0 Å². The molecular formula is C30H48N2Sn. The van der Waals surface area contributed by atoms with Crippen LogP contribution in [0.4, 0.5) is 11.4 Å². The molecule has 0 unspecified atom stereocenters. The third-order valence-electron chi connectivity index (χ3n) is 7.01. The molecule has 0 aliphatic rings. The molecule has 0 fully saturated rings. The number of benzene rings is 2. The van der Waals surface area contributed by atoms with Crippen LogP contribution >= 0.6 is 0 Å². The van der Waals surface area contributed by atoms with Gasteiger partial charge in [0.15, 0.2) is 0 Å². The molecule has 2 aromatic rings. The molecule has 0 spiro atoms. The predicted octanol–water partition coefficient (Wildman–Crippen LogP) is 8.75. The van der Waals surface area contributed by atoms with Crippen LogP contribution in [0.15, 0.2) is 48.5 Å². The van der Waals surface area contributed by atoms with E-state index in [1.54, 1.807) is 3.59 Å². The second-order valence-electron chi connectivity index (χ2n) is 10.1. The molecule has 33 heavy (non-hydrogen) atoms. The van der Waals surface area contributed by atoms with Crippen molar-refractivity contribution in [2.75, 3.05) is 38.0 Å². The van der Waals surface area contributed by atoms with E-state index in [2.05, 4.69) is 113 Å². The van der Waals surface area contributed by atoms with E-state index in [0.29, 0.717) is 0 Å². The van der Waals surface area contributed by atoms with Gasteiger partial charge >= 0.3 is 210 Å². The van der Waals surface area contributed by atoms with Gasteiger partial charge in [0.05, 0.1) is 0 Å². The number of anilines is 2. The van der Waals surface area contributed by atoms with Crippen LogP contribution in [0.2, 0.25) is 13.3 Å². The molecule has 0 N–H and O–H groups in total. The van der Waals surface area contributed by atoms with Crippen molar-refractivity contribution in [2.24, 2.45) is 0 Å². The van der Waals surface area contributed by atoms with E-state index in [4.69, 9.17) is 0 Å². The van der Waals surface area contributed by atoms with E-state index < -0.39 is 18.4 Å². The van der Waals surface area contributed by atoms with Crippen LogP contribution in [-0.4, -0.2) is 46.6 Å². The predicted molar refractivity (Wildman–Crippen MR) is 154 cm³/mol. The maximum absolute atomic E-state index is 2.62. The van der Waals surface area contributed by atoms with Crippen LogP contribution < -0.4 is 9.80 Å². The van der Waals surface area contributed by atoms with Crippen LogP contribution in [-0.2, 0) is 0 Å². The van der Waals surface area contributed by atoms with Crippen molar-refractivity contribution in [3.63, 3.8) is 0 Å². The van der Waals surface area contributed by atoms with Gasteiger partial charge in [-0.25, -0.2) is 0 Å². The fourth-order valence-electron chi connectivity index (χ4n) is 4.84. The summed E-state index contributed by atoms with van der Waals surface area (Å²) in [5, 5.41) is 0. The van der Waals surface area contributed by atoms with Crippen LogP contribution in [0, 0.1) is 0 Å². The Morgan fingerprint density at radius 2 is 1.03 bits per heavy atom. The summed E-state index contributed by atoms with van der Waals surface area (Å²) in [5.74, 6) is 0. The summed E-state index contributed by atoms with van der Waals surface area (Å²) in [6.45, 7) is 7.10. The first-order valence-electron chi connectivity index (χ1n) is 13.1. The van der Waals surface area contributed by atoms with Gasteiger partial charge in [0.1, 0.15) is 0 Å². The van der Waals surface area contributed by atoms with Gasteiger partial charge in [-0.2, -0.15) is 0 Å². The zero-order valence-electron chi connectivity index (χ0n) is 22.5. The standard InChI is InChI=1S/C18H21N2.3C4H9.Sn/c1-19(2)17-11-7-15(8-12-17)5-6-16-9-13-18(14-10-16)20(3)4;3*1-3-4-2;/h5,7-14H,1-4H3;3*1,3-4H2,2H3;. The Balaban J connectivity index is 2.65. The second kappa shape index (κ2) is 14.1. The molecule has 0 heterocycles. The van der Waals surface area contributed by atoms with Gasteiger partial charge in [-0.15, -0.1) is 0 Å². The van der Waals surface area contributed by atoms with E-state index in [9.17, 15) is 0 Å². The van der Waals surface area contributed by atoms with Crippen LogP contribution in [0.25, 0.3) is 9.67 Å². The summed E-state index contributed by atoms with van der Waals surface area (Å²) < 4.78 is 6.22. The molecule has 0 amide bonds. The Morgan fingerprint density at radius 3 is 1.39 bits per heavy atom. The van der Waals surface area contributed by atoms with Crippen molar-refractivity contribution in [2.45, 2.75) is 72.6 Å². The Hall–Kier alpha value is -1.42. The summed E-state index contributed by atoms with van der Waals surface area (Å²) >= 11 is -2.62. The fraction of sp³-hybridized carbons (Fsp3) is 0.533. The van der Waals surface area contributed by atoms with E-state index in [1.807, 2.05) is 0 Å². The summed E-state index contributed by atoms with van der Waals surface area (Å²) in [6, 6.07) is 18.6. The Morgan fingerprint density at radius 1 is 0.636 bits per heavy atom. The molecule has 0 aliphatic carbocycles. The monoisotopic (exact) mass is 556 g/mol. The summed E-state index contributed by atoms with van der Waals surface area (Å²) in [5.41, 5.74) is 5.39. The van der Waals surface area contributed by atoms with E-state index in [0.717, 1.165) is 0 Å². The van der Waals surface area contributed by atoms with Crippen molar-refractivity contribution < 1.29 is 0 Å². The molecular weight excluding hydrogens is 507 g/mol. The average Bonchev–Trinajstić information content (AvgIpc) is 2.83. The summed E-state index contributed by atoms with van der Waals surface area (Å²) in [7, 11) is 8.49. The van der Waals surface area contributed by atoms with Crippen molar-refractivity contribution in [3.8, 4) is 0 Å². The first-order valence-corrected chi connectivity index (χ1v) is 20.6. The zero-order valence-corrected chi connectivity index (χ0v) is 25.3. The first-order chi connectivity index (χ1) is 15.9. The second-order valence-corrected chi connectivity index (χ2v) is 23.2. The minimum atomic E-state index is -2.62. The van der Waals surface area contributed by atoms with E-state index >= 15 is 0 Å². The molecule has 0 saturated heterocycles. The number of rotatable bonds is 14. The normalized spacial score (nSPS) is 12.2. The van der Waals surface area contributed by atoms with Crippen LogP contribution in [0.1, 0.15) is 70.4 Å². The number of hydrogen-bond acceptors (Lipinski definition) is 2. The molecule has 2 aromatic carbocycles. The van der Waals surface area contributed by atoms with Gasteiger partial charge in [-0.3, -0.25) is 0 Å². The van der Waals surface area contributed by atoms with Crippen molar-refractivity contribution >= 4 is 39.4 Å².